The van der Waals surface area contributed by atoms with Crippen molar-refractivity contribution in [2.75, 3.05) is 57.7 Å². The number of nitrogens with one attached hydrogen (secondary N) is 2. The summed E-state index contributed by atoms with van der Waals surface area (Å²) in [5, 5.41) is 5.93. The van der Waals surface area contributed by atoms with Crippen molar-refractivity contribution in [3.8, 4) is 0 Å². The van der Waals surface area contributed by atoms with Crippen molar-refractivity contribution in [2.45, 2.75) is 18.9 Å². The van der Waals surface area contributed by atoms with Gasteiger partial charge in [0.15, 0.2) is 0 Å². The van der Waals surface area contributed by atoms with E-state index in [0.29, 0.717) is 38.4 Å². The second-order valence-electron chi connectivity index (χ2n) is 6.98. The van der Waals surface area contributed by atoms with Gasteiger partial charge in [-0.3, -0.25) is 14.5 Å². The van der Waals surface area contributed by atoms with Crippen LogP contribution in [0.15, 0.2) is 24.3 Å². The van der Waals surface area contributed by atoms with Gasteiger partial charge in [-0.15, -0.1) is 0 Å². The standard InChI is InChI=1S/C19H27FN4O3/c20-15-3-5-16(6-4-15)22-18(25)14-23-7-9-24(10-8-23)19(26)13-21-12-17-2-1-11-27-17/h3-6,17,21H,1-2,7-14H2,(H,22,25). The second kappa shape index (κ2) is 9.77. The van der Waals surface area contributed by atoms with Crippen LogP contribution in [0.3, 0.4) is 0 Å². The molecule has 0 aliphatic carbocycles. The third-order valence-electron chi connectivity index (χ3n) is 4.89. The lowest BCUT2D eigenvalue weighted by Gasteiger charge is -2.34. The third kappa shape index (κ3) is 6.27. The number of carbonyl (C=O) groups excluding carboxylic acids is 2. The summed E-state index contributed by atoms with van der Waals surface area (Å²) in [7, 11) is 0. The monoisotopic (exact) mass is 378 g/mol. The molecule has 2 saturated heterocycles. The Kier molecular flexibility index (Phi) is 7.14. The SMILES string of the molecule is O=C(CN1CCN(C(=O)CNCC2CCCO2)CC1)Nc1ccc(F)cc1. The maximum Gasteiger partial charge on any atom is 0.238 e. The summed E-state index contributed by atoms with van der Waals surface area (Å²) in [6, 6.07) is 5.70. The maximum atomic E-state index is 12.9. The number of nitrogens with zero attached hydrogens (tertiary/aromatic N) is 2. The highest BCUT2D eigenvalue weighted by molar-refractivity contribution is 5.92. The van der Waals surface area contributed by atoms with Gasteiger partial charge in [-0.1, -0.05) is 0 Å². The molecule has 1 atom stereocenters. The van der Waals surface area contributed by atoms with E-state index in [2.05, 4.69) is 10.6 Å². The summed E-state index contributed by atoms with van der Waals surface area (Å²) < 4.78 is 18.4. The Balaban J connectivity index is 1.32. The van der Waals surface area contributed by atoms with Crippen LogP contribution < -0.4 is 10.6 Å². The number of rotatable bonds is 7. The molecule has 27 heavy (non-hydrogen) atoms. The quantitative estimate of drug-likeness (QED) is 0.730. The Morgan fingerprint density at radius 1 is 1.15 bits per heavy atom. The van der Waals surface area contributed by atoms with Crippen LogP contribution in [-0.4, -0.2) is 80.1 Å². The van der Waals surface area contributed by atoms with Gasteiger partial charge in [0, 0.05) is 45.0 Å². The van der Waals surface area contributed by atoms with E-state index in [-0.39, 0.29) is 30.3 Å². The molecule has 2 aliphatic rings. The van der Waals surface area contributed by atoms with Crippen LogP contribution in [0.1, 0.15) is 12.8 Å². The van der Waals surface area contributed by atoms with E-state index in [1.807, 2.05) is 9.80 Å². The largest absolute Gasteiger partial charge is 0.377 e. The van der Waals surface area contributed by atoms with Gasteiger partial charge >= 0.3 is 0 Å². The molecule has 8 heteroatoms. The summed E-state index contributed by atoms with van der Waals surface area (Å²) in [4.78, 5) is 28.2. The van der Waals surface area contributed by atoms with Crippen molar-refractivity contribution in [3.05, 3.63) is 30.1 Å². The Morgan fingerprint density at radius 3 is 2.56 bits per heavy atom. The Labute approximate surface area is 158 Å². The van der Waals surface area contributed by atoms with Gasteiger partial charge in [0.05, 0.1) is 19.2 Å². The molecule has 1 aromatic carbocycles. The number of piperazine rings is 1. The molecule has 3 rings (SSSR count). The highest BCUT2D eigenvalue weighted by Crippen LogP contribution is 2.11. The molecule has 2 N–H and O–H groups in total. The van der Waals surface area contributed by atoms with E-state index in [0.717, 1.165) is 26.0 Å². The fourth-order valence-electron chi connectivity index (χ4n) is 3.35. The molecule has 0 spiro atoms. The first-order valence-electron chi connectivity index (χ1n) is 9.48. The number of halogens is 1. The van der Waals surface area contributed by atoms with Crippen molar-refractivity contribution in [3.63, 3.8) is 0 Å². The minimum Gasteiger partial charge on any atom is -0.377 e. The van der Waals surface area contributed by atoms with Gasteiger partial charge in [0.2, 0.25) is 11.8 Å². The van der Waals surface area contributed by atoms with Crippen molar-refractivity contribution in [2.24, 2.45) is 0 Å². The average Bonchev–Trinajstić information content (AvgIpc) is 3.17. The van der Waals surface area contributed by atoms with E-state index in [4.69, 9.17) is 4.74 Å². The summed E-state index contributed by atoms with van der Waals surface area (Å²) in [6.07, 6.45) is 2.38. The van der Waals surface area contributed by atoms with Crippen molar-refractivity contribution < 1.29 is 18.7 Å². The molecule has 0 bridgehead atoms. The van der Waals surface area contributed by atoms with Gasteiger partial charge < -0.3 is 20.3 Å². The van der Waals surface area contributed by atoms with Gasteiger partial charge in [0.25, 0.3) is 0 Å². The average molecular weight is 378 g/mol. The zero-order chi connectivity index (χ0) is 19.1. The highest BCUT2D eigenvalue weighted by atomic mass is 19.1. The van der Waals surface area contributed by atoms with Crippen LogP contribution in [0.4, 0.5) is 10.1 Å². The van der Waals surface area contributed by atoms with E-state index < -0.39 is 0 Å². The Morgan fingerprint density at radius 2 is 1.89 bits per heavy atom. The molecule has 2 amide bonds. The van der Waals surface area contributed by atoms with Crippen molar-refractivity contribution >= 4 is 17.5 Å². The van der Waals surface area contributed by atoms with Gasteiger partial charge in [-0.25, -0.2) is 4.39 Å². The molecule has 2 heterocycles. The lowest BCUT2D eigenvalue weighted by molar-refractivity contribution is -0.132. The van der Waals surface area contributed by atoms with E-state index in [1.165, 1.54) is 24.3 Å². The number of hydrogen-bond donors (Lipinski definition) is 2. The van der Waals surface area contributed by atoms with Gasteiger partial charge in [-0.2, -0.15) is 0 Å². The predicted octanol–water partition coefficient (Wildman–Crippen LogP) is 0.677. The number of benzene rings is 1. The normalized spacial score (nSPS) is 20.6. The number of carbonyl (C=O) groups is 2. The maximum absolute atomic E-state index is 12.9. The first-order valence-corrected chi connectivity index (χ1v) is 9.48. The number of ether oxygens (including phenoxy) is 1. The fourth-order valence-corrected chi connectivity index (χ4v) is 3.35. The summed E-state index contributed by atoms with van der Waals surface area (Å²) in [5.74, 6) is -0.387. The molecular weight excluding hydrogens is 351 g/mol. The summed E-state index contributed by atoms with van der Waals surface area (Å²) in [6.45, 7) is 4.67. The van der Waals surface area contributed by atoms with Crippen molar-refractivity contribution in [1.29, 1.82) is 0 Å². The van der Waals surface area contributed by atoms with Crippen LogP contribution in [-0.2, 0) is 14.3 Å². The summed E-state index contributed by atoms with van der Waals surface area (Å²) >= 11 is 0. The molecule has 0 saturated carbocycles. The zero-order valence-electron chi connectivity index (χ0n) is 15.5. The molecule has 2 aliphatic heterocycles. The van der Waals surface area contributed by atoms with E-state index >= 15 is 0 Å². The van der Waals surface area contributed by atoms with Crippen LogP contribution in [0.25, 0.3) is 0 Å². The molecule has 2 fully saturated rings. The lowest BCUT2D eigenvalue weighted by atomic mass is 10.2. The number of anilines is 1. The topological polar surface area (TPSA) is 73.9 Å². The molecule has 7 nitrogen and oxygen atoms in total. The molecule has 1 unspecified atom stereocenters. The van der Waals surface area contributed by atoms with Gasteiger partial charge in [-0.05, 0) is 37.1 Å². The van der Waals surface area contributed by atoms with E-state index in [9.17, 15) is 14.0 Å². The predicted molar refractivity (Wildman–Crippen MR) is 99.9 cm³/mol. The molecule has 0 radical (unpaired) electrons. The van der Waals surface area contributed by atoms with Crippen LogP contribution in [0.2, 0.25) is 0 Å². The molecule has 148 valence electrons. The minimum absolute atomic E-state index is 0.0865. The van der Waals surface area contributed by atoms with E-state index in [1.54, 1.807) is 0 Å². The smallest absolute Gasteiger partial charge is 0.238 e. The summed E-state index contributed by atoms with van der Waals surface area (Å²) in [5.41, 5.74) is 0.576. The van der Waals surface area contributed by atoms with Crippen LogP contribution in [0.5, 0.6) is 0 Å². The number of amides is 2. The minimum atomic E-state index is -0.334. The number of hydrogen-bond acceptors (Lipinski definition) is 5. The first-order chi connectivity index (χ1) is 13.1. The second-order valence-corrected chi connectivity index (χ2v) is 6.98. The lowest BCUT2D eigenvalue weighted by Crippen LogP contribution is -2.52. The molecular formula is C19H27FN4O3. The highest BCUT2D eigenvalue weighted by Gasteiger charge is 2.23. The fraction of sp³-hybridized carbons (Fsp3) is 0.579. The van der Waals surface area contributed by atoms with Crippen LogP contribution >= 0.6 is 0 Å². The van der Waals surface area contributed by atoms with Crippen LogP contribution in [0, 0.1) is 5.82 Å². The zero-order valence-corrected chi connectivity index (χ0v) is 15.5. The Bertz CT molecular complexity index is 626. The molecule has 0 aromatic heterocycles. The third-order valence-corrected chi connectivity index (χ3v) is 4.89. The van der Waals surface area contributed by atoms with Crippen molar-refractivity contribution in [1.82, 2.24) is 15.1 Å². The molecule has 1 aromatic rings. The first kappa shape index (κ1) is 19.7. The Hall–Kier alpha value is -2.03. The van der Waals surface area contributed by atoms with Gasteiger partial charge in [0.1, 0.15) is 5.82 Å².